The van der Waals surface area contributed by atoms with Gasteiger partial charge in [0.1, 0.15) is 6.10 Å². The molecule has 3 saturated heterocycles. The van der Waals surface area contributed by atoms with Crippen molar-refractivity contribution in [1.82, 2.24) is 0 Å². The Morgan fingerprint density at radius 3 is 2.42 bits per heavy atom. The first-order chi connectivity index (χ1) is 14.4. The molecule has 0 N–H and O–H groups in total. The minimum absolute atomic E-state index is 0.0362. The highest BCUT2D eigenvalue weighted by atomic mass is 16.7. The normalized spacial score (nSPS) is 48.4. The Morgan fingerprint density at radius 1 is 1.00 bits per heavy atom. The van der Waals surface area contributed by atoms with Crippen LogP contribution < -0.4 is 0 Å². The third-order valence-electron chi connectivity index (χ3n) is 8.60. The molecule has 31 heavy (non-hydrogen) atoms. The molecule has 174 valence electrons. The van der Waals surface area contributed by atoms with Crippen molar-refractivity contribution in [2.75, 3.05) is 19.8 Å². The lowest BCUT2D eigenvalue weighted by molar-refractivity contribution is -0.309. The summed E-state index contributed by atoms with van der Waals surface area (Å²) in [6.45, 7) is 14.2. The van der Waals surface area contributed by atoms with Crippen molar-refractivity contribution in [3.8, 4) is 0 Å². The van der Waals surface area contributed by atoms with Crippen LogP contribution in [-0.2, 0) is 28.5 Å². The highest BCUT2D eigenvalue weighted by molar-refractivity contribution is 5.95. The van der Waals surface area contributed by atoms with Crippen molar-refractivity contribution in [2.24, 2.45) is 22.7 Å². The van der Waals surface area contributed by atoms with Gasteiger partial charge in [0.15, 0.2) is 23.0 Å². The van der Waals surface area contributed by atoms with Crippen molar-refractivity contribution in [3.05, 3.63) is 12.2 Å². The first kappa shape index (κ1) is 22.0. The Morgan fingerprint density at radius 2 is 1.71 bits per heavy atom. The zero-order valence-corrected chi connectivity index (χ0v) is 19.9. The number of allylic oxidation sites excluding steroid dienone is 2. The van der Waals surface area contributed by atoms with E-state index in [1.807, 2.05) is 20.8 Å². The van der Waals surface area contributed by atoms with Gasteiger partial charge < -0.3 is 23.7 Å². The smallest absolute Gasteiger partial charge is 0.172 e. The summed E-state index contributed by atoms with van der Waals surface area (Å²) in [5.74, 6) is -1.22. The largest absolute Gasteiger partial charge is 0.357 e. The van der Waals surface area contributed by atoms with Crippen molar-refractivity contribution >= 4 is 5.78 Å². The number of Topliss-reactive ketones (excluding diaryl/α,β-unsaturated/α-hetero) is 1. The van der Waals surface area contributed by atoms with Crippen LogP contribution in [0.1, 0.15) is 67.2 Å². The molecule has 0 radical (unpaired) electrons. The van der Waals surface area contributed by atoms with Gasteiger partial charge >= 0.3 is 0 Å². The standard InChI is InChI=1S/C25H38O6/c1-21(2)9-7-10-23(5)11-8-17-16(15-29-22(3,4)30-17)19(23)20(26)25(21)18(31-25)14-24(6)27-12-13-28-24/h7,10,16-19H,8-9,11-15H2,1-6H3/b10-7-/t16-,17+,18+,19-,23-,25-/m1/s1. The molecule has 5 rings (SSSR count). The number of rotatable bonds is 2. The van der Waals surface area contributed by atoms with Crippen LogP contribution in [0.3, 0.4) is 0 Å². The van der Waals surface area contributed by atoms with Gasteiger partial charge in [0, 0.05) is 23.7 Å². The van der Waals surface area contributed by atoms with E-state index in [1.54, 1.807) is 0 Å². The fourth-order valence-corrected chi connectivity index (χ4v) is 6.79. The van der Waals surface area contributed by atoms with Gasteiger partial charge in [0.05, 0.1) is 25.9 Å². The molecule has 0 bridgehead atoms. The predicted molar refractivity (Wildman–Crippen MR) is 114 cm³/mol. The number of carbonyl (C=O) groups is 1. The molecule has 5 aliphatic rings. The quantitative estimate of drug-likeness (QED) is 0.483. The molecule has 0 aromatic rings. The Labute approximate surface area is 186 Å². The summed E-state index contributed by atoms with van der Waals surface area (Å²) in [6, 6.07) is 0. The molecule has 0 unspecified atom stereocenters. The van der Waals surface area contributed by atoms with E-state index < -0.39 is 17.2 Å². The van der Waals surface area contributed by atoms with Crippen LogP contribution in [0.5, 0.6) is 0 Å². The maximum Gasteiger partial charge on any atom is 0.172 e. The number of fused-ring (bicyclic) bond motifs is 3. The maximum atomic E-state index is 14.5. The highest BCUT2D eigenvalue weighted by Gasteiger charge is 2.74. The van der Waals surface area contributed by atoms with Crippen molar-refractivity contribution in [3.63, 3.8) is 0 Å². The maximum absolute atomic E-state index is 14.5. The van der Waals surface area contributed by atoms with Gasteiger partial charge in [0.2, 0.25) is 0 Å². The lowest BCUT2D eigenvalue weighted by Crippen LogP contribution is -2.60. The summed E-state index contributed by atoms with van der Waals surface area (Å²) in [6.07, 6.45) is 7.67. The average Bonchev–Trinajstić information content (AvgIpc) is 3.24. The van der Waals surface area contributed by atoms with Gasteiger partial charge in [-0.3, -0.25) is 4.79 Å². The Balaban J connectivity index is 1.50. The van der Waals surface area contributed by atoms with Gasteiger partial charge in [-0.1, -0.05) is 32.9 Å². The topological polar surface area (TPSA) is 66.5 Å². The number of ether oxygens (including phenoxy) is 5. The summed E-state index contributed by atoms with van der Waals surface area (Å²) in [5, 5.41) is 0. The van der Waals surface area contributed by atoms with E-state index in [0.29, 0.717) is 26.2 Å². The van der Waals surface area contributed by atoms with Gasteiger partial charge in [-0.05, 0) is 45.4 Å². The number of ketones is 1. The molecule has 0 amide bonds. The van der Waals surface area contributed by atoms with E-state index in [0.717, 1.165) is 19.3 Å². The van der Waals surface area contributed by atoms with Crippen molar-refractivity contribution < 1.29 is 28.5 Å². The SMILES string of the molecule is CC1(C)OC[C@@H]2[C@H](CC[C@@]3(C)/C=C\CC(C)(C)[C@]4(O[C@H]4CC4(C)OCCO4)C(=O)[C@@H]23)O1. The highest BCUT2D eigenvalue weighted by Crippen LogP contribution is 2.62. The summed E-state index contributed by atoms with van der Waals surface area (Å²) >= 11 is 0. The Bertz CT molecular complexity index is 781. The van der Waals surface area contributed by atoms with Crippen LogP contribution in [0.2, 0.25) is 0 Å². The van der Waals surface area contributed by atoms with Crippen LogP contribution in [0.15, 0.2) is 12.2 Å². The Kier molecular flexibility index (Phi) is 4.87. The monoisotopic (exact) mass is 434 g/mol. The molecule has 1 spiro atoms. The molecule has 3 heterocycles. The van der Waals surface area contributed by atoms with Gasteiger partial charge in [-0.15, -0.1) is 0 Å². The third kappa shape index (κ3) is 3.36. The fraction of sp³-hybridized carbons (Fsp3) is 0.880. The molecule has 0 aromatic heterocycles. The summed E-state index contributed by atoms with van der Waals surface area (Å²) in [7, 11) is 0. The van der Waals surface area contributed by atoms with Crippen molar-refractivity contribution in [1.29, 1.82) is 0 Å². The van der Waals surface area contributed by atoms with Crippen LogP contribution in [0.4, 0.5) is 0 Å². The number of hydrogen-bond donors (Lipinski definition) is 0. The van der Waals surface area contributed by atoms with E-state index in [1.165, 1.54) is 0 Å². The first-order valence-corrected chi connectivity index (χ1v) is 11.9. The van der Waals surface area contributed by atoms with Crippen LogP contribution in [0, 0.1) is 22.7 Å². The second-order valence-electron chi connectivity index (χ2n) is 11.8. The Hall–Kier alpha value is -0.790. The summed E-state index contributed by atoms with van der Waals surface area (Å²) in [4.78, 5) is 14.5. The lowest BCUT2D eigenvalue weighted by Gasteiger charge is -2.54. The fourth-order valence-electron chi connectivity index (χ4n) is 6.79. The van der Waals surface area contributed by atoms with Gasteiger partial charge in [-0.25, -0.2) is 0 Å². The second kappa shape index (κ2) is 6.86. The zero-order chi connectivity index (χ0) is 22.3. The molecular weight excluding hydrogens is 396 g/mol. The molecule has 1 saturated carbocycles. The molecule has 2 aliphatic carbocycles. The predicted octanol–water partition coefficient (Wildman–Crippen LogP) is 4.02. The molecule has 4 fully saturated rings. The van der Waals surface area contributed by atoms with Crippen LogP contribution in [-0.4, -0.2) is 55.0 Å². The summed E-state index contributed by atoms with van der Waals surface area (Å²) in [5.41, 5.74) is -1.35. The van der Waals surface area contributed by atoms with Crippen LogP contribution in [0.25, 0.3) is 0 Å². The van der Waals surface area contributed by atoms with E-state index in [-0.39, 0.29) is 40.7 Å². The minimum Gasteiger partial charge on any atom is -0.357 e. The van der Waals surface area contributed by atoms with Crippen molar-refractivity contribution in [2.45, 2.75) is 96.6 Å². The van der Waals surface area contributed by atoms with Gasteiger partial charge in [0.25, 0.3) is 0 Å². The minimum atomic E-state index is -0.823. The second-order valence-corrected chi connectivity index (χ2v) is 11.8. The molecule has 0 aromatic carbocycles. The molecule has 6 atom stereocenters. The molecule has 6 nitrogen and oxygen atoms in total. The van der Waals surface area contributed by atoms with Gasteiger partial charge in [-0.2, -0.15) is 0 Å². The molecule has 3 aliphatic heterocycles. The van der Waals surface area contributed by atoms with E-state index >= 15 is 0 Å². The average molecular weight is 435 g/mol. The third-order valence-corrected chi connectivity index (χ3v) is 8.60. The lowest BCUT2D eigenvalue weighted by atomic mass is 9.54. The molecular formula is C25H38O6. The van der Waals surface area contributed by atoms with E-state index in [9.17, 15) is 4.79 Å². The summed E-state index contributed by atoms with van der Waals surface area (Å²) < 4.78 is 30.5. The van der Waals surface area contributed by atoms with E-state index in [2.05, 4.69) is 32.9 Å². The van der Waals surface area contributed by atoms with E-state index in [4.69, 9.17) is 23.7 Å². The first-order valence-electron chi connectivity index (χ1n) is 11.9. The number of epoxide rings is 1. The number of hydrogen-bond acceptors (Lipinski definition) is 6. The number of carbonyl (C=O) groups excluding carboxylic acids is 1. The zero-order valence-electron chi connectivity index (χ0n) is 19.9. The van der Waals surface area contributed by atoms with Crippen LogP contribution >= 0.6 is 0 Å². The molecule has 6 heteroatoms.